The van der Waals surface area contributed by atoms with Gasteiger partial charge in [-0.15, -0.1) is 0 Å². The molecule has 0 radical (unpaired) electrons. The molecule has 4 N–H and O–H groups in total. The van der Waals surface area contributed by atoms with Crippen molar-refractivity contribution in [1.82, 2.24) is 9.97 Å². The summed E-state index contributed by atoms with van der Waals surface area (Å²) in [4.78, 5) is 8.42. The molecule has 0 aliphatic rings. The summed E-state index contributed by atoms with van der Waals surface area (Å²) in [7, 11) is 0. The Labute approximate surface area is 124 Å². The molecule has 21 heavy (non-hydrogen) atoms. The maximum atomic E-state index is 8.79. The highest BCUT2D eigenvalue weighted by Gasteiger charge is 2.09. The lowest BCUT2D eigenvalue weighted by Crippen LogP contribution is -2.14. The van der Waals surface area contributed by atoms with E-state index in [1.165, 1.54) is 6.33 Å². The molecule has 108 valence electrons. The predicted octanol–water partition coefficient (Wildman–Crippen LogP) is 2.20. The third-order valence-corrected chi connectivity index (χ3v) is 3.13. The summed E-state index contributed by atoms with van der Waals surface area (Å²) in [5, 5.41) is 12.1. The molecular weight excluding hydrogens is 264 g/mol. The average Bonchev–Trinajstić information content (AvgIpc) is 2.54. The molecule has 0 amide bonds. The number of hydrogen-bond donors (Lipinski definition) is 3. The lowest BCUT2D eigenvalue weighted by Gasteiger charge is -2.13. The quantitative estimate of drug-likeness (QED) is 0.555. The molecule has 0 spiro atoms. The Morgan fingerprint density at radius 3 is 2.52 bits per heavy atom. The summed E-state index contributed by atoms with van der Waals surface area (Å²) in [6.07, 6.45) is 3.30. The number of aromatic nitrogens is 2. The number of nitrogens with zero attached hydrogens (tertiary/aromatic N) is 3. The molecule has 1 heterocycles. The van der Waals surface area contributed by atoms with Crippen LogP contribution in [0.5, 0.6) is 0 Å². The van der Waals surface area contributed by atoms with Crippen LogP contribution in [0.1, 0.15) is 30.0 Å². The van der Waals surface area contributed by atoms with Gasteiger partial charge in [0.15, 0.2) is 0 Å². The second-order valence-electron chi connectivity index (χ2n) is 4.61. The van der Waals surface area contributed by atoms with Crippen LogP contribution in [0.15, 0.2) is 30.6 Å². The van der Waals surface area contributed by atoms with E-state index in [1.54, 1.807) is 12.1 Å². The first-order chi connectivity index (χ1) is 10.3. The Morgan fingerprint density at radius 2 is 1.90 bits per heavy atom. The van der Waals surface area contributed by atoms with Crippen molar-refractivity contribution in [3.8, 4) is 6.07 Å². The molecule has 2 aromatic rings. The Hall–Kier alpha value is -2.65. The van der Waals surface area contributed by atoms with Gasteiger partial charge in [0.25, 0.3) is 0 Å². The number of nitriles is 1. The van der Waals surface area contributed by atoms with Gasteiger partial charge in [-0.2, -0.15) is 5.26 Å². The fourth-order valence-corrected chi connectivity index (χ4v) is 2.06. The van der Waals surface area contributed by atoms with E-state index in [4.69, 9.17) is 11.1 Å². The number of hydrogen-bond acceptors (Lipinski definition) is 6. The fourth-order valence-electron chi connectivity index (χ4n) is 2.06. The topological polar surface area (TPSA) is 99.7 Å². The summed E-state index contributed by atoms with van der Waals surface area (Å²) < 4.78 is 0. The van der Waals surface area contributed by atoms with Gasteiger partial charge in [0.05, 0.1) is 11.6 Å². The third kappa shape index (κ3) is 3.68. The lowest BCUT2D eigenvalue weighted by atomic mass is 10.1. The zero-order chi connectivity index (χ0) is 15.1. The van der Waals surface area contributed by atoms with Gasteiger partial charge in [-0.25, -0.2) is 15.8 Å². The lowest BCUT2D eigenvalue weighted by molar-refractivity contribution is 0.896. The van der Waals surface area contributed by atoms with E-state index in [-0.39, 0.29) is 0 Å². The minimum atomic E-state index is 0.628. The maximum absolute atomic E-state index is 8.79. The molecule has 0 aliphatic heterocycles. The van der Waals surface area contributed by atoms with Crippen molar-refractivity contribution in [3.05, 3.63) is 47.3 Å². The molecule has 1 aromatic carbocycles. The van der Waals surface area contributed by atoms with Gasteiger partial charge in [-0.1, -0.05) is 25.5 Å². The molecule has 0 fully saturated rings. The van der Waals surface area contributed by atoms with Crippen molar-refractivity contribution >= 4 is 11.6 Å². The van der Waals surface area contributed by atoms with E-state index in [2.05, 4.69) is 33.7 Å². The van der Waals surface area contributed by atoms with Crippen molar-refractivity contribution in [3.63, 3.8) is 0 Å². The van der Waals surface area contributed by atoms with Crippen LogP contribution in [0.4, 0.5) is 11.6 Å². The van der Waals surface area contributed by atoms with E-state index in [1.807, 2.05) is 12.1 Å². The van der Waals surface area contributed by atoms with Crippen LogP contribution >= 0.6 is 0 Å². The van der Waals surface area contributed by atoms with Gasteiger partial charge in [0.1, 0.15) is 18.0 Å². The van der Waals surface area contributed by atoms with Crippen LogP contribution in [0.3, 0.4) is 0 Å². The van der Waals surface area contributed by atoms with Crippen LogP contribution < -0.4 is 16.6 Å². The largest absolute Gasteiger partial charge is 0.366 e. The number of hydrazine groups is 1. The summed E-state index contributed by atoms with van der Waals surface area (Å²) in [6.45, 7) is 2.72. The minimum Gasteiger partial charge on any atom is -0.366 e. The average molecular weight is 282 g/mol. The minimum absolute atomic E-state index is 0.628. The monoisotopic (exact) mass is 282 g/mol. The number of nitrogens with one attached hydrogen (secondary N) is 2. The SMILES string of the molecule is CCCc1c(NN)ncnc1NCc1ccc(C#N)cc1. The second kappa shape index (κ2) is 7.22. The highest BCUT2D eigenvalue weighted by Crippen LogP contribution is 2.21. The van der Waals surface area contributed by atoms with Gasteiger partial charge in [0, 0.05) is 12.1 Å². The molecule has 0 unspecified atom stereocenters. The summed E-state index contributed by atoms with van der Waals surface area (Å²) in [6, 6.07) is 9.56. The first-order valence-electron chi connectivity index (χ1n) is 6.82. The first-order valence-corrected chi connectivity index (χ1v) is 6.82. The van der Waals surface area contributed by atoms with Crippen LogP contribution in [-0.4, -0.2) is 9.97 Å². The van der Waals surface area contributed by atoms with Crippen LogP contribution in [-0.2, 0) is 13.0 Å². The summed E-state index contributed by atoms with van der Waals surface area (Å²) in [5.41, 5.74) is 5.32. The van der Waals surface area contributed by atoms with E-state index >= 15 is 0 Å². The van der Waals surface area contributed by atoms with Crippen LogP contribution in [0.25, 0.3) is 0 Å². The number of nitrogens with two attached hydrogens (primary N) is 1. The van der Waals surface area contributed by atoms with Crippen molar-refractivity contribution < 1.29 is 0 Å². The van der Waals surface area contributed by atoms with Gasteiger partial charge in [0.2, 0.25) is 0 Å². The van der Waals surface area contributed by atoms with Crippen molar-refractivity contribution in [2.75, 3.05) is 10.7 Å². The molecule has 0 atom stereocenters. The molecule has 6 heteroatoms. The van der Waals surface area contributed by atoms with E-state index in [9.17, 15) is 0 Å². The summed E-state index contributed by atoms with van der Waals surface area (Å²) in [5.74, 6) is 6.92. The summed E-state index contributed by atoms with van der Waals surface area (Å²) >= 11 is 0. The Morgan fingerprint density at radius 1 is 1.19 bits per heavy atom. The fraction of sp³-hybridized carbons (Fsp3) is 0.267. The molecule has 0 aliphatic carbocycles. The third-order valence-electron chi connectivity index (χ3n) is 3.13. The van der Waals surface area contributed by atoms with Gasteiger partial charge in [-0.05, 0) is 24.1 Å². The van der Waals surface area contributed by atoms with Crippen molar-refractivity contribution in [1.29, 1.82) is 5.26 Å². The molecular formula is C15H18N6. The molecule has 1 aromatic heterocycles. The van der Waals surface area contributed by atoms with E-state index in [0.29, 0.717) is 17.9 Å². The zero-order valence-electron chi connectivity index (χ0n) is 11.9. The Bertz CT molecular complexity index is 630. The number of benzene rings is 1. The normalized spacial score (nSPS) is 9.95. The first kappa shape index (κ1) is 14.8. The smallest absolute Gasteiger partial charge is 0.148 e. The molecule has 6 nitrogen and oxygen atoms in total. The van der Waals surface area contributed by atoms with E-state index < -0.39 is 0 Å². The standard InChI is InChI=1S/C15H18N6/c1-2-3-13-14(19-10-20-15(13)21-17)18-9-12-6-4-11(8-16)5-7-12/h4-7,10H,2-3,9,17H2,1H3,(H2,18,19,20,21). The van der Waals surface area contributed by atoms with Crippen LogP contribution in [0, 0.1) is 11.3 Å². The highest BCUT2D eigenvalue weighted by atomic mass is 15.3. The Balaban J connectivity index is 2.13. The highest BCUT2D eigenvalue weighted by molar-refractivity contribution is 5.57. The van der Waals surface area contributed by atoms with Gasteiger partial charge < -0.3 is 10.7 Å². The van der Waals surface area contributed by atoms with E-state index in [0.717, 1.165) is 29.8 Å². The Kier molecular flexibility index (Phi) is 5.07. The molecule has 0 saturated heterocycles. The van der Waals surface area contributed by atoms with Gasteiger partial charge in [-0.3, -0.25) is 0 Å². The number of nitrogen functional groups attached to an aromatic ring is 1. The zero-order valence-corrected chi connectivity index (χ0v) is 11.9. The molecule has 0 bridgehead atoms. The maximum Gasteiger partial charge on any atom is 0.148 e. The van der Waals surface area contributed by atoms with Crippen molar-refractivity contribution in [2.45, 2.75) is 26.3 Å². The molecule has 0 saturated carbocycles. The second-order valence-corrected chi connectivity index (χ2v) is 4.61. The van der Waals surface area contributed by atoms with Crippen molar-refractivity contribution in [2.24, 2.45) is 5.84 Å². The number of rotatable bonds is 6. The number of anilines is 2. The van der Waals surface area contributed by atoms with Crippen LogP contribution in [0.2, 0.25) is 0 Å². The molecule has 2 rings (SSSR count). The predicted molar refractivity (Wildman–Crippen MR) is 82.3 cm³/mol. The van der Waals surface area contributed by atoms with Gasteiger partial charge >= 0.3 is 0 Å².